The first-order chi connectivity index (χ1) is 17.7. The van der Waals surface area contributed by atoms with E-state index in [1.807, 2.05) is 0 Å². The molecule has 9 nitrogen and oxygen atoms in total. The van der Waals surface area contributed by atoms with Gasteiger partial charge in [0.25, 0.3) is 5.91 Å². The molecule has 1 aliphatic rings. The van der Waals surface area contributed by atoms with E-state index in [9.17, 15) is 36.2 Å². The van der Waals surface area contributed by atoms with E-state index >= 15 is 0 Å². The highest BCUT2D eigenvalue weighted by atomic mass is 35.5. The van der Waals surface area contributed by atoms with Gasteiger partial charge < -0.3 is 19.5 Å². The van der Waals surface area contributed by atoms with Crippen molar-refractivity contribution in [2.24, 2.45) is 0 Å². The second kappa shape index (κ2) is 10.2. The summed E-state index contributed by atoms with van der Waals surface area (Å²) in [6, 6.07) is 7.23. The first kappa shape index (κ1) is 27.3. The molecule has 16 heteroatoms. The van der Waals surface area contributed by atoms with Gasteiger partial charge in [0.1, 0.15) is 11.5 Å². The summed E-state index contributed by atoms with van der Waals surface area (Å²) in [5.41, 5.74) is 0.117. The summed E-state index contributed by atoms with van der Waals surface area (Å²) in [6.07, 6.45) is -11.4. The summed E-state index contributed by atoms with van der Waals surface area (Å²) >= 11 is 5.87. The lowest BCUT2D eigenvalue weighted by molar-refractivity contribution is -0.274. The Morgan fingerprint density at radius 1 is 1.11 bits per heavy atom. The lowest BCUT2D eigenvalue weighted by atomic mass is 10.2. The molecule has 1 amide bonds. The number of hydrogen-bond donors (Lipinski definition) is 1. The summed E-state index contributed by atoms with van der Waals surface area (Å²) in [5, 5.41) is 10.8. The van der Waals surface area contributed by atoms with E-state index in [4.69, 9.17) is 16.3 Å². The monoisotopic (exact) mass is 565 g/mol. The molecule has 0 saturated heterocycles. The van der Waals surface area contributed by atoms with Gasteiger partial charge in [0.2, 0.25) is 6.35 Å². The van der Waals surface area contributed by atoms with Gasteiger partial charge in [0, 0.05) is 25.9 Å². The largest absolute Gasteiger partial charge is 0.573 e. The quantitative estimate of drug-likeness (QED) is 0.412. The summed E-state index contributed by atoms with van der Waals surface area (Å²) in [7, 11) is 1.30. The van der Waals surface area contributed by atoms with Crippen molar-refractivity contribution in [2.45, 2.75) is 31.9 Å². The highest BCUT2D eigenvalue weighted by Gasteiger charge is 2.42. The van der Waals surface area contributed by atoms with Gasteiger partial charge in [-0.15, -0.1) is 13.2 Å². The third kappa shape index (κ3) is 6.22. The number of fused-ring (bicyclic) bond motifs is 1. The number of imidazole rings is 1. The summed E-state index contributed by atoms with van der Waals surface area (Å²) < 4.78 is 87.3. The molecular formula is C22H18ClF6N5O4. The van der Waals surface area contributed by atoms with Gasteiger partial charge in [0.15, 0.2) is 11.5 Å². The normalized spacial score (nSPS) is 16.0. The van der Waals surface area contributed by atoms with Crippen molar-refractivity contribution in [1.82, 2.24) is 19.4 Å². The van der Waals surface area contributed by atoms with Crippen LogP contribution >= 0.6 is 11.6 Å². The number of benzene rings is 1. The number of nitrogens with zero attached hydrogens (tertiary/aromatic N) is 5. The van der Waals surface area contributed by atoms with Crippen molar-refractivity contribution < 1.29 is 45.7 Å². The second-order valence-electron chi connectivity index (χ2n) is 8.07. The summed E-state index contributed by atoms with van der Waals surface area (Å²) in [4.78, 5) is 23.3. The molecule has 0 spiro atoms. The number of halogens is 7. The van der Waals surface area contributed by atoms with Gasteiger partial charge in [0.05, 0.1) is 23.7 Å². The first-order valence-electron chi connectivity index (χ1n) is 10.7. The fourth-order valence-electron chi connectivity index (χ4n) is 3.63. The van der Waals surface area contributed by atoms with Crippen LogP contribution in [0.3, 0.4) is 0 Å². The van der Waals surface area contributed by atoms with Gasteiger partial charge in [-0.25, -0.2) is 0 Å². The van der Waals surface area contributed by atoms with Crippen LogP contribution in [-0.4, -0.2) is 62.9 Å². The molecule has 4 rings (SSSR count). The number of aliphatic hydroxyl groups excluding tert-OH is 1. The second-order valence-corrected chi connectivity index (χ2v) is 8.50. The predicted octanol–water partition coefficient (Wildman–Crippen LogP) is 4.79. The number of aliphatic hydroxyl groups is 1. The lowest BCUT2D eigenvalue weighted by Crippen LogP contribution is -2.55. The number of rotatable bonds is 7. The minimum atomic E-state index is -4.96. The molecule has 0 saturated carbocycles. The molecule has 38 heavy (non-hydrogen) atoms. The molecule has 1 atom stereocenters. The van der Waals surface area contributed by atoms with Crippen LogP contribution in [0.4, 0.5) is 32.2 Å². The SMILES string of the molecule is CN1c2nc(Oc3cccc(OC(F)(F)F)c3)n(Cc3ccc(Cl)cn3)c2C(=O)N(CCC(F)(F)F)C1O. The van der Waals surface area contributed by atoms with Crippen molar-refractivity contribution in [1.29, 1.82) is 0 Å². The standard InChI is InChI=1S/C22H18ClF6N5O4/c1-32-17-16(18(35)33(20(32)36)8-7-21(24,25)26)34(11-13-6-5-12(23)10-30-13)19(31-17)37-14-3-2-4-15(9-14)38-22(27,28)29/h2-6,9-10,20,36H,7-8,11H2,1H3. The number of anilines is 1. The molecule has 0 fully saturated rings. The Balaban J connectivity index is 1.75. The van der Waals surface area contributed by atoms with E-state index in [0.29, 0.717) is 15.6 Å². The Morgan fingerprint density at radius 3 is 2.45 bits per heavy atom. The average Bonchev–Trinajstić information content (AvgIpc) is 3.15. The Bertz CT molecular complexity index is 1320. The van der Waals surface area contributed by atoms with Gasteiger partial charge >= 0.3 is 18.5 Å². The van der Waals surface area contributed by atoms with E-state index in [1.54, 1.807) is 0 Å². The number of aromatic nitrogens is 3. The zero-order valence-electron chi connectivity index (χ0n) is 19.3. The van der Waals surface area contributed by atoms with Crippen molar-refractivity contribution in [3.63, 3.8) is 0 Å². The molecule has 0 radical (unpaired) electrons. The van der Waals surface area contributed by atoms with Crippen LogP contribution < -0.4 is 14.4 Å². The van der Waals surface area contributed by atoms with E-state index in [1.165, 1.54) is 42.1 Å². The zero-order valence-corrected chi connectivity index (χ0v) is 20.0. The number of alkyl halides is 6. The fraction of sp³-hybridized carbons (Fsp3) is 0.318. The third-order valence-corrected chi connectivity index (χ3v) is 5.55. The van der Waals surface area contributed by atoms with Crippen LogP contribution in [0.1, 0.15) is 22.6 Å². The van der Waals surface area contributed by atoms with Crippen LogP contribution in [0, 0.1) is 0 Å². The first-order valence-corrected chi connectivity index (χ1v) is 11.1. The molecule has 0 aliphatic carbocycles. The van der Waals surface area contributed by atoms with Gasteiger partial charge in [-0.1, -0.05) is 17.7 Å². The topological polar surface area (TPSA) is 93.0 Å². The van der Waals surface area contributed by atoms with E-state index in [2.05, 4.69) is 14.7 Å². The molecule has 1 unspecified atom stereocenters. The highest BCUT2D eigenvalue weighted by Crippen LogP contribution is 2.36. The van der Waals surface area contributed by atoms with Gasteiger partial charge in [-0.3, -0.25) is 19.2 Å². The number of pyridine rings is 1. The minimum absolute atomic E-state index is 0.127. The third-order valence-electron chi connectivity index (χ3n) is 5.33. The van der Waals surface area contributed by atoms with Crippen LogP contribution in [0.2, 0.25) is 5.02 Å². The maximum atomic E-state index is 13.3. The maximum absolute atomic E-state index is 13.3. The zero-order chi connectivity index (χ0) is 27.8. The lowest BCUT2D eigenvalue weighted by Gasteiger charge is -2.38. The van der Waals surface area contributed by atoms with Crippen molar-refractivity contribution in [3.8, 4) is 17.5 Å². The predicted molar refractivity (Wildman–Crippen MR) is 120 cm³/mol. The van der Waals surface area contributed by atoms with Crippen molar-refractivity contribution in [2.75, 3.05) is 18.5 Å². The van der Waals surface area contributed by atoms with E-state index in [-0.39, 0.29) is 29.8 Å². The Hall–Kier alpha value is -3.72. The molecule has 204 valence electrons. The Labute approximate surface area is 215 Å². The number of hydrogen-bond acceptors (Lipinski definition) is 7. The smallest absolute Gasteiger partial charge is 0.425 e. The van der Waals surface area contributed by atoms with Crippen LogP contribution in [-0.2, 0) is 6.54 Å². The van der Waals surface area contributed by atoms with E-state index in [0.717, 1.165) is 17.0 Å². The Kier molecular flexibility index (Phi) is 7.34. The van der Waals surface area contributed by atoms with E-state index < -0.39 is 43.5 Å². The van der Waals surface area contributed by atoms with Crippen LogP contribution in [0.15, 0.2) is 42.6 Å². The number of carbonyl (C=O) groups excluding carboxylic acids is 1. The number of amides is 1. The van der Waals surface area contributed by atoms with Crippen molar-refractivity contribution >= 4 is 23.3 Å². The minimum Gasteiger partial charge on any atom is -0.425 e. The summed E-state index contributed by atoms with van der Waals surface area (Å²) in [5.74, 6) is -1.83. The molecular weight excluding hydrogens is 548 g/mol. The van der Waals surface area contributed by atoms with Crippen LogP contribution in [0.25, 0.3) is 0 Å². The van der Waals surface area contributed by atoms with Gasteiger partial charge in [-0.05, 0) is 24.3 Å². The molecule has 3 heterocycles. The molecule has 3 aromatic rings. The Morgan fingerprint density at radius 2 is 1.82 bits per heavy atom. The fourth-order valence-corrected chi connectivity index (χ4v) is 3.74. The van der Waals surface area contributed by atoms with Crippen LogP contribution in [0.5, 0.6) is 17.5 Å². The summed E-state index contributed by atoms with van der Waals surface area (Å²) in [6.45, 7) is -1.03. The molecule has 0 bridgehead atoms. The van der Waals surface area contributed by atoms with Gasteiger partial charge in [-0.2, -0.15) is 18.2 Å². The average molecular weight is 566 g/mol. The molecule has 1 aliphatic heterocycles. The maximum Gasteiger partial charge on any atom is 0.573 e. The molecule has 2 aromatic heterocycles. The number of carbonyl (C=O) groups is 1. The van der Waals surface area contributed by atoms with Crippen molar-refractivity contribution in [3.05, 3.63) is 59.0 Å². The molecule has 1 aromatic carbocycles. The molecule has 1 N–H and O–H groups in total. The highest BCUT2D eigenvalue weighted by molar-refractivity contribution is 6.30. The number of ether oxygens (including phenoxy) is 2.